The van der Waals surface area contributed by atoms with Crippen LogP contribution in [0.3, 0.4) is 0 Å². The van der Waals surface area contributed by atoms with Gasteiger partial charge in [0.25, 0.3) is 0 Å². The number of benzene rings is 1. The molecule has 2 rings (SSSR count). The predicted octanol–water partition coefficient (Wildman–Crippen LogP) is 4.47. The maximum Gasteiger partial charge on any atom is 0.125 e. The molecule has 0 saturated carbocycles. The van der Waals surface area contributed by atoms with Crippen LogP contribution >= 0.6 is 11.3 Å². The molecule has 0 saturated heterocycles. The molecule has 0 bridgehead atoms. The van der Waals surface area contributed by atoms with Crippen LogP contribution in [0.15, 0.2) is 24.3 Å². The first-order valence-electron chi connectivity index (χ1n) is 6.72. The van der Waals surface area contributed by atoms with E-state index in [4.69, 9.17) is 0 Å². The maximum absolute atomic E-state index is 10.5. The van der Waals surface area contributed by atoms with Crippen molar-refractivity contribution in [1.29, 1.82) is 0 Å². The van der Waals surface area contributed by atoms with E-state index in [2.05, 4.69) is 18.0 Å². The first-order chi connectivity index (χ1) is 8.63. The van der Waals surface area contributed by atoms with Crippen molar-refractivity contribution in [2.24, 2.45) is 0 Å². The Morgan fingerprint density at radius 1 is 1.22 bits per heavy atom. The van der Waals surface area contributed by atoms with Crippen molar-refractivity contribution in [3.8, 4) is 0 Å². The lowest BCUT2D eigenvalue weighted by atomic mass is 9.99. The Morgan fingerprint density at radius 2 is 2.00 bits per heavy atom. The summed E-state index contributed by atoms with van der Waals surface area (Å²) in [5.74, 6) is 0. The van der Waals surface area contributed by atoms with E-state index >= 15 is 0 Å². The molecule has 1 N–H and O–H groups in total. The molecule has 0 spiro atoms. The number of rotatable bonds is 6. The average Bonchev–Trinajstić information content (AvgIpc) is 2.79. The topological polar surface area (TPSA) is 33.1 Å². The Hall–Kier alpha value is -0.930. The van der Waals surface area contributed by atoms with Crippen molar-refractivity contribution in [2.75, 3.05) is 0 Å². The monoisotopic (exact) mass is 263 g/mol. The number of para-hydroxylation sites is 1. The lowest BCUT2D eigenvalue weighted by Gasteiger charge is -2.20. The summed E-state index contributed by atoms with van der Waals surface area (Å²) in [6, 6.07) is 8.06. The van der Waals surface area contributed by atoms with Gasteiger partial charge in [0.1, 0.15) is 10.6 Å². The Labute approximate surface area is 113 Å². The van der Waals surface area contributed by atoms with Crippen LogP contribution < -0.4 is 0 Å². The molecule has 3 heteroatoms. The van der Waals surface area contributed by atoms with Crippen LogP contribution in [0.5, 0.6) is 0 Å². The fraction of sp³-hybridized carbons (Fsp3) is 0.533. The Bertz CT molecular complexity index is 471. The van der Waals surface area contributed by atoms with Gasteiger partial charge in [-0.05, 0) is 25.5 Å². The van der Waals surface area contributed by atoms with Crippen LogP contribution in [0.4, 0.5) is 0 Å². The quantitative estimate of drug-likeness (QED) is 0.780. The molecule has 0 aliphatic carbocycles. The summed E-state index contributed by atoms with van der Waals surface area (Å²) in [5, 5.41) is 11.4. The van der Waals surface area contributed by atoms with Gasteiger partial charge in [-0.1, -0.05) is 44.7 Å². The van der Waals surface area contributed by atoms with E-state index in [0.29, 0.717) is 0 Å². The van der Waals surface area contributed by atoms with E-state index in [-0.39, 0.29) is 0 Å². The predicted molar refractivity (Wildman–Crippen MR) is 77.9 cm³/mol. The summed E-state index contributed by atoms with van der Waals surface area (Å²) in [4.78, 5) is 4.55. The molecule has 0 aliphatic heterocycles. The van der Waals surface area contributed by atoms with Gasteiger partial charge in [-0.2, -0.15) is 0 Å². The Kier molecular flexibility index (Phi) is 4.36. The maximum atomic E-state index is 10.5. The normalized spacial score (nSPS) is 14.8. The van der Waals surface area contributed by atoms with Gasteiger partial charge in [-0.25, -0.2) is 4.98 Å². The standard InChI is InChI=1S/C15H21NOS/c1-3-4-5-8-11-15(2,17)14-16-12-9-6-7-10-13(12)18-14/h6-7,9-10,17H,3-5,8,11H2,1-2H3. The molecule has 0 radical (unpaired) electrons. The lowest BCUT2D eigenvalue weighted by Crippen LogP contribution is -2.20. The van der Waals surface area contributed by atoms with Crippen LogP contribution in [0.2, 0.25) is 0 Å². The molecule has 1 heterocycles. The summed E-state index contributed by atoms with van der Waals surface area (Å²) < 4.78 is 1.15. The molecule has 18 heavy (non-hydrogen) atoms. The number of unbranched alkanes of at least 4 members (excludes halogenated alkanes) is 3. The number of aliphatic hydroxyl groups is 1. The summed E-state index contributed by atoms with van der Waals surface area (Å²) >= 11 is 1.61. The van der Waals surface area contributed by atoms with Crippen molar-refractivity contribution in [3.63, 3.8) is 0 Å². The second-order valence-electron chi connectivity index (χ2n) is 5.07. The van der Waals surface area contributed by atoms with Gasteiger partial charge in [0, 0.05) is 0 Å². The summed E-state index contributed by atoms with van der Waals surface area (Å²) in [6.45, 7) is 4.09. The second-order valence-corrected chi connectivity index (χ2v) is 6.10. The zero-order valence-electron chi connectivity index (χ0n) is 11.1. The van der Waals surface area contributed by atoms with E-state index in [1.807, 2.05) is 25.1 Å². The molecule has 98 valence electrons. The minimum absolute atomic E-state index is 0.780. The average molecular weight is 263 g/mol. The third-order valence-electron chi connectivity index (χ3n) is 3.27. The zero-order valence-corrected chi connectivity index (χ0v) is 12.0. The number of thiazole rings is 1. The number of hydrogen-bond donors (Lipinski definition) is 1. The molecule has 2 aromatic rings. The van der Waals surface area contributed by atoms with E-state index in [1.54, 1.807) is 11.3 Å². The van der Waals surface area contributed by atoms with Crippen molar-refractivity contribution >= 4 is 21.6 Å². The Balaban J connectivity index is 2.08. The van der Waals surface area contributed by atoms with Crippen molar-refractivity contribution < 1.29 is 5.11 Å². The highest BCUT2D eigenvalue weighted by atomic mass is 32.1. The van der Waals surface area contributed by atoms with E-state index in [9.17, 15) is 5.11 Å². The number of fused-ring (bicyclic) bond motifs is 1. The number of nitrogens with zero attached hydrogens (tertiary/aromatic N) is 1. The van der Waals surface area contributed by atoms with E-state index in [0.717, 1.165) is 28.1 Å². The SMILES string of the molecule is CCCCCCC(C)(O)c1nc2ccccc2s1. The molecule has 1 aromatic carbocycles. The molecule has 1 unspecified atom stereocenters. The molecule has 1 aromatic heterocycles. The van der Waals surface area contributed by atoms with Crippen molar-refractivity contribution in [3.05, 3.63) is 29.3 Å². The van der Waals surface area contributed by atoms with Gasteiger partial charge < -0.3 is 5.11 Å². The van der Waals surface area contributed by atoms with Crippen molar-refractivity contribution in [2.45, 2.75) is 51.6 Å². The highest BCUT2D eigenvalue weighted by Gasteiger charge is 2.26. The molecule has 2 nitrogen and oxygen atoms in total. The number of hydrogen-bond acceptors (Lipinski definition) is 3. The molecule has 1 atom stereocenters. The Morgan fingerprint density at radius 3 is 2.72 bits per heavy atom. The minimum Gasteiger partial charge on any atom is -0.383 e. The van der Waals surface area contributed by atoms with Gasteiger partial charge in [0.05, 0.1) is 10.2 Å². The van der Waals surface area contributed by atoms with Crippen LogP contribution in [0.1, 0.15) is 51.0 Å². The molecule has 0 aliphatic rings. The number of aromatic nitrogens is 1. The van der Waals surface area contributed by atoms with Gasteiger partial charge in [0.2, 0.25) is 0 Å². The van der Waals surface area contributed by atoms with E-state index < -0.39 is 5.60 Å². The van der Waals surface area contributed by atoms with Gasteiger partial charge in [0.15, 0.2) is 0 Å². The minimum atomic E-state index is -0.780. The lowest BCUT2D eigenvalue weighted by molar-refractivity contribution is 0.0448. The summed E-state index contributed by atoms with van der Waals surface area (Å²) in [6.07, 6.45) is 5.53. The highest BCUT2D eigenvalue weighted by molar-refractivity contribution is 7.18. The fourth-order valence-corrected chi connectivity index (χ4v) is 3.14. The summed E-state index contributed by atoms with van der Waals surface area (Å²) in [5.41, 5.74) is 0.212. The molecule has 0 amide bonds. The third-order valence-corrected chi connectivity index (χ3v) is 4.56. The summed E-state index contributed by atoms with van der Waals surface area (Å²) in [7, 11) is 0. The zero-order chi connectivity index (χ0) is 13.0. The molecule has 0 fully saturated rings. The molecular formula is C15H21NOS. The van der Waals surface area contributed by atoms with Crippen LogP contribution in [-0.4, -0.2) is 10.1 Å². The van der Waals surface area contributed by atoms with Crippen LogP contribution in [-0.2, 0) is 5.60 Å². The van der Waals surface area contributed by atoms with Crippen LogP contribution in [0, 0.1) is 0 Å². The van der Waals surface area contributed by atoms with Gasteiger partial charge in [-0.15, -0.1) is 11.3 Å². The second kappa shape index (κ2) is 5.81. The first-order valence-corrected chi connectivity index (χ1v) is 7.53. The highest BCUT2D eigenvalue weighted by Crippen LogP contribution is 2.33. The molecular weight excluding hydrogens is 242 g/mol. The van der Waals surface area contributed by atoms with Gasteiger partial charge >= 0.3 is 0 Å². The largest absolute Gasteiger partial charge is 0.383 e. The van der Waals surface area contributed by atoms with E-state index in [1.165, 1.54) is 19.3 Å². The van der Waals surface area contributed by atoms with Crippen molar-refractivity contribution in [1.82, 2.24) is 4.98 Å². The van der Waals surface area contributed by atoms with Crippen LogP contribution in [0.25, 0.3) is 10.2 Å². The third kappa shape index (κ3) is 3.09. The first kappa shape index (κ1) is 13.5. The smallest absolute Gasteiger partial charge is 0.125 e. The van der Waals surface area contributed by atoms with Gasteiger partial charge in [-0.3, -0.25) is 0 Å². The fourth-order valence-electron chi connectivity index (χ4n) is 2.11.